The SMILES string of the molecule is C=CCNS(=O)(=O)c1ccc(C(=O)Nc2cc(C(N)=O)cc(F)c2C)cc1. The van der Waals surface area contributed by atoms with Crippen LogP contribution < -0.4 is 15.8 Å². The van der Waals surface area contributed by atoms with Crippen molar-refractivity contribution < 1.29 is 22.4 Å². The van der Waals surface area contributed by atoms with E-state index in [1.165, 1.54) is 43.3 Å². The van der Waals surface area contributed by atoms with Crippen LogP contribution in [0.5, 0.6) is 0 Å². The molecule has 4 N–H and O–H groups in total. The van der Waals surface area contributed by atoms with E-state index in [1.807, 2.05) is 0 Å². The van der Waals surface area contributed by atoms with E-state index in [0.717, 1.165) is 6.07 Å². The third kappa shape index (κ3) is 4.78. The first-order chi connectivity index (χ1) is 12.7. The Morgan fingerprint density at radius 1 is 1.19 bits per heavy atom. The number of halogens is 1. The van der Waals surface area contributed by atoms with E-state index >= 15 is 0 Å². The first-order valence-corrected chi connectivity index (χ1v) is 9.26. The Balaban J connectivity index is 2.25. The van der Waals surface area contributed by atoms with Gasteiger partial charge in [-0.05, 0) is 43.3 Å². The first kappa shape index (κ1) is 20.3. The standard InChI is InChI=1S/C18H18FN3O4S/c1-3-8-21-27(25,26)14-6-4-12(5-7-14)18(24)22-16-10-13(17(20)23)9-15(19)11(16)2/h3-7,9-10,21H,1,8H2,2H3,(H2,20,23)(H,22,24). The molecule has 0 aliphatic rings. The van der Waals surface area contributed by atoms with E-state index in [-0.39, 0.29) is 33.8 Å². The summed E-state index contributed by atoms with van der Waals surface area (Å²) in [5.41, 5.74) is 5.46. The van der Waals surface area contributed by atoms with Crippen LogP contribution in [-0.2, 0) is 10.0 Å². The van der Waals surface area contributed by atoms with Gasteiger partial charge in [0.1, 0.15) is 5.82 Å². The normalized spacial score (nSPS) is 11.0. The Bertz CT molecular complexity index is 1000. The Morgan fingerprint density at radius 2 is 1.81 bits per heavy atom. The van der Waals surface area contributed by atoms with Gasteiger partial charge in [-0.1, -0.05) is 6.08 Å². The molecule has 0 radical (unpaired) electrons. The third-order valence-electron chi connectivity index (χ3n) is 3.72. The molecule has 7 nitrogen and oxygen atoms in total. The second-order valence-corrected chi connectivity index (χ2v) is 7.38. The van der Waals surface area contributed by atoms with E-state index in [0.29, 0.717) is 0 Å². The number of hydrogen-bond acceptors (Lipinski definition) is 4. The third-order valence-corrected chi connectivity index (χ3v) is 5.16. The second kappa shape index (κ2) is 8.11. The largest absolute Gasteiger partial charge is 0.366 e. The van der Waals surface area contributed by atoms with E-state index in [9.17, 15) is 22.4 Å². The van der Waals surface area contributed by atoms with Gasteiger partial charge in [0.2, 0.25) is 15.9 Å². The lowest BCUT2D eigenvalue weighted by Crippen LogP contribution is -2.23. The number of carbonyl (C=O) groups is 2. The molecule has 27 heavy (non-hydrogen) atoms. The zero-order valence-electron chi connectivity index (χ0n) is 14.5. The van der Waals surface area contributed by atoms with Crippen LogP contribution >= 0.6 is 0 Å². The molecule has 2 amide bonds. The predicted octanol–water partition coefficient (Wildman–Crippen LogP) is 1.95. The highest BCUT2D eigenvalue weighted by Crippen LogP contribution is 2.22. The predicted molar refractivity (Wildman–Crippen MR) is 99.4 cm³/mol. The van der Waals surface area contributed by atoms with Crippen molar-refractivity contribution in [1.29, 1.82) is 0 Å². The molecule has 0 aliphatic heterocycles. The minimum Gasteiger partial charge on any atom is -0.366 e. The molecule has 0 unspecified atom stereocenters. The van der Waals surface area contributed by atoms with Crippen LogP contribution in [0.1, 0.15) is 26.3 Å². The number of nitrogens with two attached hydrogens (primary N) is 1. The zero-order valence-corrected chi connectivity index (χ0v) is 15.3. The molecule has 0 saturated carbocycles. The number of benzene rings is 2. The Morgan fingerprint density at radius 3 is 2.37 bits per heavy atom. The summed E-state index contributed by atoms with van der Waals surface area (Å²) in [5, 5.41) is 2.49. The van der Waals surface area contributed by atoms with Crippen molar-refractivity contribution in [3.63, 3.8) is 0 Å². The number of hydrogen-bond donors (Lipinski definition) is 3. The van der Waals surface area contributed by atoms with Crippen LogP contribution in [0.4, 0.5) is 10.1 Å². The number of amides is 2. The smallest absolute Gasteiger partial charge is 0.255 e. The minimum atomic E-state index is -3.71. The first-order valence-electron chi connectivity index (χ1n) is 7.77. The Labute approximate surface area is 156 Å². The fourth-order valence-corrected chi connectivity index (χ4v) is 3.18. The molecular weight excluding hydrogens is 373 g/mol. The van der Waals surface area contributed by atoms with Gasteiger partial charge in [0.15, 0.2) is 0 Å². The quantitative estimate of drug-likeness (QED) is 0.625. The summed E-state index contributed by atoms with van der Waals surface area (Å²) in [7, 11) is -3.71. The van der Waals surface area contributed by atoms with Crippen LogP contribution in [0.3, 0.4) is 0 Å². The topological polar surface area (TPSA) is 118 Å². The molecule has 2 aromatic carbocycles. The van der Waals surface area contributed by atoms with Gasteiger partial charge in [0.05, 0.1) is 4.90 Å². The van der Waals surface area contributed by atoms with Gasteiger partial charge in [-0.3, -0.25) is 9.59 Å². The van der Waals surface area contributed by atoms with Crippen LogP contribution in [0.25, 0.3) is 0 Å². The van der Waals surface area contributed by atoms with Gasteiger partial charge in [-0.25, -0.2) is 17.5 Å². The van der Waals surface area contributed by atoms with Crippen molar-refractivity contribution >= 4 is 27.5 Å². The van der Waals surface area contributed by atoms with E-state index in [2.05, 4.69) is 16.6 Å². The lowest BCUT2D eigenvalue weighted by molar-refractivity contribution is 0.0995. The van der Waals surface area contributed by atoms with Crippen molar-refractivity contribution in [2.75, 3.05) is 11.9 Å². The monoisotopic (exact) mass is 391 g/mol. The molecular formula is C18H18FN3O4S. The van der Waals surface area contributed by atoms with Gasteiger partial charge in [-0.15, -0.1) is 6.58 Å². The molecule has 0 fully saturated rings. The summed E-state index contributed by atoms with van der Waals surface area (Å²) in [5.74, 6) is -2.11. The molecule has 0 aliphatic carbocycles. The average Bonchev–Trinajstić information content (AvgIpc) is 2.63. The number of sulfonamides is 1. The number of anilines is 1. The summed E-state index contributed by atoms with van der Waals surface area (Å²) in [6.07, 6.45) is 1.40. The lowest BCUT2D eigenvalue weighted by Gasteiger charge is -2.11. The maximum absolute atomic E-state index is 13.9. The summed E-state index contributed by atoms with van der Waals surface area (Å²) in [4.78, 5) is 23.6. The van der Waals surface area contributed by atoms with Crippen molar-refractivity contribution in [1.82, 2.24) is 4.72 Å². The molecule has 0 atom stereocenters. The van der Waals surface area contributed by atoms with Crippen LogP contribution in [-0.4, -0.2) is 26.8 Å². The number of primary amides is 1. The zero-order chi connectivity index (χ0) is 20.2. The van der Waals surface area contributed by atoms with Crippen LogP contribution in [0.15, 0.2) is 53.9 Å². The van der Waals surface area contributed by atoms with Crippen molar-refractivity contribution in [2.45, 2.75) is 11.8 Å². The number of nitrogens with one attached hydrogen (secondary N) is 2. The summed E-state index contributed by atoms with van der Waals surface area (Å²) >= 11 is 0. The Hall–Kier alpha value is -3.04. The summed E-state index contributed by atoms with van der Waals surface area (Å²) in [6.45, 7) is 4.95. The highest BCUT2D eigenvalue weighted by atomic mass is 32.2. The molecule has 0 aromatic heterocycles. The van der Waals surface area contributed by atoms with Crippen molar-refractivity contribution in [2.24, 2.45) is 5.73 Å². The minimum absolute atomic E-state index is 0.0150. The van der Waals surface area contributed by atoms with Gasteiger partial charge >= 0.3 is 0 Å². The van der Waals surface area contributed by atoms with Crippen LogP contribution in [0, 0.1) is 12.7 Å². The maximum Gasteiger partial charge on any atom is 0.255 e. The molecule has 142 valence electrons. The van der Waals surface area contributed by atoms with E-state index in [1.54, 1.807) is 0 Å². The van der Waals surface area contributed by atoms with Crippen LogP contribution in [0.2, 0.25) is 0 Å². The molecule has 9 heteroatoms. The summed E-state index contributed by atoms with van der Waals surface area (Å²) in [6, 6.07) is 7.45. The highest BCUT2D eigenvalue weighted by molar-refractivity contribution is 7.89. The van der Waals surface area contributed by atoms with Crippen molar-refractivity contribution in [3.05, 3.63) is 71.6 Å². The van der Waals surface area contributed by atoms with E-state index in [4.69, 9.17) is 5.73 Å². The molecule has 2 aromatic rings. The fraction of sp³-hybridized carbons (Fsp3) is 0.111. The van der Waals surface area contributed by atoms with Gasteiger partial charge in [0.25, 0.3) is 5.91 Å². The molecule has 0 heterocycles. The van der Waals surface area contributed by atoms with Gasteiger partial charge in [-0.2, -0.15) is 0 Å². The van der Waals surface area contributed by atoms with Gasteiger partial charge < -0.3 is 11.1 Å². The van der Waals surface area contributed by atoms with Gasteiger partial charge in [0, 0.05) is 28.9 Å². The summed E-state index contributed by atoms with van der Waals surface area (Å²) < 4.78 is 40.2. The molecule has 2 rings (SSSR count). The highest BCUT2D eigenvalue weighted by Gasteiger charge is 2.16. The maximum atomic E-state index is 13.9. The molecule has 0 spiro atoms. The average molecular weight is 391 g/mol. The fourth-order valence-electron chi connectivity index (χ4n) is 2.18. The molecule has 0 saturated heterocycles. The second-order valence-electron chi connectivity index (χ2n) is 5.61. The number of rotatable bonds is 7. The van der Waals surface area contributed by atoms with E-state index < -0.39 is 27.7 Å². The Kier molecular flexibility index (Phi) is 6.09. The lowest BCUT2D eigenvalue weighted by atomic mass is 10.1. The van der Waals surface area contributed by atoms with Crippen molar-refractivity contribution in [3.8, 4) is 0 Å². The molecule has 0 bridgehead atoms. The number of carbonyl (C=O) groups excluding carboxylic acids is 2.